The van der Waals surface area contributed by atoms with Crippen molar-refractivity contribution in [3.63, 3.8) is 0 Å². The number of alkyl halides is 3. The summed E-state index contributed by atoms with van der Waals surface area (Å²) in [5.41, 5.74) is -0.885. The zero-order chi connectivity index (χ0) is 11.9. The summed E-state index contributed by atoms with van der Waals surface area (Å²) < 4.78 is 42.0. The molecule has 86 valence electrons. The van der Waals surface area contributed by atoms with E-state index < -0.39 is 18.0 Å². The van der Waals surface area contributed by atoms with Crippen molar-refractivity contribution in [3.8, 4) is 5.75 Å². The molecule has 1 unspecified atom stereocenters. The number of benzene rings is 1. The van der Waals surface area contributed by atoms with Gasteiger partial charge in [-0.25, -0.2) is 0 Å². The number of fused-ring (bicyclic) bond motifs is 1. The number of aliphatic hydroxyl groups is 1. The molecule has 1 atom stereocenters. The molecule has 16 heavy (non-hydrogen) atoms. The number of aliphatic hydroxyl groups excluding tert-OH is 1. The zero-order valence-electron chi connectivity index (χ0n) is 7.75. The van der Waals surface area contributed by atoms with Gasteiger partial charge in [-0.1, -0.05) is 11.6 Å². The van der Waals surface area contributed by atoms with E-state index in [0.717, 1.165) is 6.08 Å². The number of hydrogen-bond donors (Lipinski definition) is 1. The van der Waals surface area contributed by atoms with E-state index in [1.165, 1.54) is 18.2 Å². The van der Waals surface area contributed by atoms with Crippen LogP contribution < -0.4 is 4.74 Å². The molecule has 0 radical (unpaired) electrons. The van der Waals surface area contributed by atoms with Gasteiger partial charge in [0.1, 0.15) is 11.3 Å². The molecule has 0 saturated heterocycles. The maximum atomic E-state index is 12.4. The topological polar surface area (TPSA) is 29.5 Å². The average Bonchev–Trinajstić information content (AvgIpc) is 2.14. The highest BCUT2D eigenvalue weighted by Gasteiger charge is 2.41. The Morgan fingerprint density at radius 2 is 2.00 bits per heavy atom. The number of ether oxygens (including phenoxy) is 1. The summed E-state index contributed by atoms with van der Waals surface area (Å²) in [6.07, 6.45) is -5.78. The zero-order valence-corrected chi connectivity index (χ0v) is 8.51. The number of rotatable bonds is 0. The SMILES string of the molecule is OC1Oc2cc(Cl)ccc2C=C1C(F)(F)F. The van der Waals surface area contributed by atoms with Crippen LogP contribution in [0.4, 0.5) is 13.2 Å². The van der Waals surface area contributed by atoms with Gasteiger partial charge in [0.05, 0.1) is 0 Å². The maximum Gasteiger partial charge on any atom is 0.418 e. The Labute approximate surface area is 93.9 Å². The minimum Gasteiger partial charge on any atom is -0.460 e. The van der Waals surface area contributed by atoms with E-state index in [-0.39, 0.29) is 11.3 Å². The molecule has 1 aromatic rings. The third kappa shape index (κ3) is 2.01. The lowest BCUT2D eigenvalue weighted by atomic mass is 10.1. The van der Waals surface area contributed by atoms with Crippen LogP contribution in [-0.4, -0.2) is 17.6 Å². The minimum atomic E-state index is -4.61. The fourth-order valence-corrected chi connectivity index (χ4v) is 1.54. The van der Waals surface area contributed by atoms with Crippen molar-refractivity contribution in [2.24, 2.45) is 0 Å². The molecule has 6 heteroatoms. The van der Waals surface area contributed by atoms with Crippen molar-refractivity contribution in [3.05, 3.63) is 34.4 Å². The second kappa shape index (κ2) is 3.68. The van der Waals surface area contributed by atoms with Crippen LogP contribution in [0.5, 0.6) is 5.75 Å². The Kier molecular flexibility index (Phi) is 2.59. The van der Waals surface area contributed by atoms with Gasteiger partial charge in [-0.05, 0) is 24.3 Å². The van der Waals surface area contributed by atoms with Crippen LogP contribution in [0.25, 0.3) is 6.08 Å². The Hall–Kier alpha value is -1.20. The van der Waals surface area contributed by atoms with Crippen LogP contribution in [0.2, 0.25) is 5.02 Å². The second-order valence-electron chi connectivity index (χ2n) is 3.25. The molecule has 0 spiro atoms. The van der Waals surface area contributed by atoms with Crippen molar-refractivity contribution in [2.45, 2.75) is 12.5 Å². The van der Waals surface area contributed by atoms with Crippen LogP contribution in [0.15, 0.2) is 23.8 Å². The summed E-state index contributed by atoms with van der Waals surface area (Å²) in [5, 5.41) is 9.52. The summed E-state index contributed by atoms with van der Waals surface area (Å²) in [6, 6.07) is 4.20. The van der Waals surface area contributed by atoms with Crippen LogP contribution in [-0.2, 0) is 0 Å². The Bertz CT molecular complexity index is 454. The highest BCUT2D eigenvalue weighted by molar-refractivity contribution is 6.30. The molecule has 0 aromatic heterocycles. The standard InChI is InChI=1S/C10H6ClF3O2/c11-6-2-1-5-3-7(10(12,13)14)9(15)16-8(5)4-6/h1-4,9,15H. The van der Waals surface area contributed by atoms with Crippen molar-refractivity contribution in [1.29, 1.82) is 0 Å². The van der Waals surface area contributed by atoms with Gasteiger partial charge in [-0.3, -0.25) is 0 Å². The predicted molar refractivity (Wildman–Crippen MR) is 52.1 cm³/mol. The monoisotopic (exact) mass is 250 g/mol. The molecule has 0 amide bonds. The lowest BCUT2D eigenvalue weighted by Crippen LogP contribution is -2.30. The van der Waals surface area contributed by atoms with Crippen LogP contribution in [0, 0.1) is 0 Å². The molecule has 1 aliphatic heterocycles. The van der Waals surface area contributed by atoms with Gasteiger partial charge in [0, 0.05) is 10.6 Å². The van der Waals surface area contributed by atoms with Crippen molar-refractivity contribution in [1.82, 2.24) is 0 Å². The van der Waals surface area contributed by atoms with Crippen molar-refractivity contribution in [2.75, 3.05) is 0 Å². The van der Waals surface area contributed by atoms with Gasteiger partial charge < -0.3 is 9.84 Å². The van der Waals surface area contributed by atoms with Gasteiger partial charge in [0.2, 0.25) is 6.29 Å². The van der Waals surface area contributed by atoms with E-state index in [1.54, 1.807) is 0 Å². The highest BCUT2D eigenvalue weighted by atomic mass is 35.5. The quantitative estimate of drug-likeness (QED) is 0.767. The summed E-state index contributed by atoms with van der Waals surface area (Å²) in [7, 11) is 0. The maximum absolute atomic E-state index is 12.4. The Morgan fingerprint density at radius 1 is 1.31 bits per heavy atom. The molecular weight excluding hydrogens is 245 g/mol. The second-order valence-corrected chi connectivity index (χ2v) is 3.69. The molecule has 0 saturated carbocycles. The Balaban J connectivity index is 2.49. The summed E-state index contributed by atoms with van der Waals surface area (Å²) in [6.45, 7) is 0. The van der Waals surface area contributed by atoms with Gasteiger partial charge in [-0.2, -0.15) is 13.2 Å². The van der Waals surface area contributed by atoms with Gasteiger partial charge in [0.25, 0.3) is 0 Å². The molecular formula is C10H6ClF3O2. The van der Waals surface area contributed by atoms with Crippen molar-refractivity contribution >= 4 is 17.7 Å². The Morgan fingerprint density at radius 3 is 2.62 bits per heavy atom. The summed E-state index contributed by atoms with van der Waals surface area (Å²) in [4.78, 5) is 0. The molecule has 2 rings (SSSR count). The molecule has 1 aromatic carbocycles. The van der Waals surface area contributed by atoms with E-state index >= 15 is 0 Å². The number of hydrogen-bond acceptors (Lipinski definition) is 2. The molecule has 1 aliphatic rings. The van der Waals surface area contributed by atoms with Crippen LogP contribution in [0.3, 0.4) is 0 Å². The molecule has 2 nitrogen and oxygen atoms in total. The molecule has 1 N–H and O–H groups in total. The smallest absolute Gasteiger partial charge is 0.418 e. The van der Waals surface area contributed by atoms with E-state index in [0.29, 0.717) is 5.02 Å². The fraction of sp³-hybridized carbons (Fsp3) is 0.200. The summed E-state index contributed by atoms with van der Waals surface area (Å²) in [5.74, 6) is 0.132. The molecule has 0 bridgehead atoms. The van der Waals surface area contributed by atoms with E-state index in [2.05, 4.69) is 0 Å². The summed E-state index contributed by atoms with van der Waals surface area (Å²) >= 11 is 5.65. The lowest BCUT2D eigenvalue weighted by Gasteiger charge is -2.24. The fourth-order valence-electron chi connectivity index (χ4n) is 1.37. The van der Waals surface area contributed by atoms with E-state index in [9.17, 15) is 18.3 Å². The van der Waals surface area contributed by atoms with Crippen molar-refractivity contribution < 1.29 is 23.0 Å². The third-order valence-corrected chi connectivity index (χ3v) is 2.35. The third-order valence-electron chi connectivity index (χ3n) is 2.12. The van der Waals surface area contributed by atoms with E-state index in [4.69, 9.17) is 16.3 Å². The lowest BCUT2D eigenvalue weighted by molar-refractivity contribution is -0.127. The largest absolute Gasteiger partial charge is 0.460 e. The first-order valence-corrected chi connectivity index (χ1v) is 4.69. The molecule has 1 heterocycles. The first kappa shape index (κ1) is 11.3. The highest BCUT2D eigenvalue weighted by Crippen LogP contribution is 2.37. The first-order valence-electron chi connectivity index (χ1n) is 4.31. The normalized spacial score (nSPS) is 19.8. The molecule has 0 aliphatic carbocycles. The van der Waals surface area contributed by atoms with Gasteiger partial charge >= 0.3 is 6.18 Å². The van der Waals surface area contributed by atoms with Gasteiger partial charge in [-0.15, -0.1) is 0 Å². The van der Waals surface area contributed by atoms with Crippen LogP contribution in [0.1, 0.15) is 5.56 Å². The van der Waals surface area contributed by atoms with Crippen LogP contribution >= 0.6 is 11.6 Å². The number of halogens is 4. The molecule has 0 fully saturated rings. The predicted octanol–water partition coefficient (Wildman–Crippen LogP) is 3.00. The van der Waals surface area contributed by atoms with E-state index in [1.807, 2.05) is 0 Å². The first-order chi connectivity index (χ1) is 7.38. The van der Waals surface area contributed by atoms with Gasteiger partial charge in [0.15, 0.2) is 0 Å². The minimum absolute atomic E-state index is 0.132. The average molecular weight is 251 g/mol.